The number of nitrogens with zero attached hydrogens (tertiary/aromatic N) is 3. The lowest BCUT2D eigenvalue weighted by molar-refractivity contribution is 0.172. The number of ether oxygens (including phenoxy) is 2. The molecule has 0 amide bonds. The Morgan fingerprint density at radius 1 is 0.947 bits per heavy atom. The second-order valence-electron chi connectivity index (χ2n) is 4.32. The SMILES string of the molecule is Nc1ncc2cc3cc4c(cc3nc2n1)OCCO4. The van der Waals surface area contributed by atoms with Crippen LogP contribution in [0.2, 0.25) is 0 Å². The van der Waals surface area contributed by atoms with Crippen molar-refractivity contribution in [2.75, 3.05) is 18.9 Å². The molecule has 2 aromatic heterocycles. The van der Waals surface area contributed by atoms with Gasteiger partial charge in [-0.05, 0) is 12.1 Å². The van der Waals surface area contributed by atoms with Gasteiger partial charge >= 0.3 is 0 Å². The van der Waals surface area contributed by atoms with Gasteiger partial charge in [-0.2, -0.15) is 4.98 Å². The third-order valence-corrected chi connectivity index (χ3v) is 3.04. The molecule has 2 N–H and O–H groups in total. The number of anilines is 1. The maximum Gasteiger partial charge on any atom is 0.222 e. The second-order valence-corrected chi connectivity index (χ2v) is 4.32. The van der Waals surface area contributed by atoms with Gasteiger partial charge in [-0.1, -0.05) is 0 Å². The molecule has 0 bridgehead atoms. The third-order valence-electron chi connectivity index (χ3n) is 3.04. The number of benzene rings is 1. The highest BCUT2D eigenvalue weighted by molar-refractivity contribution is 5.92. The van der Waals surface area contributed by atoms with Crippen molar-refractivity contribution >= 4 is 27.9 Å². The highest BCUT2D eigenvalue weighted by Crippen LogP contribution is 2.34. The summed E-state index contributed by atoms with van der Waals surface area (Å²) in [5, 5.41) is 1.81. The molecule has 0 atom stereocenters. The van der Waals surface area contributed by atoms with E-state index < -0.39 is 0 Å². The number of rotatable bonds is 0. The zero-order chi connectivity index (χ0) is 12.8. The van der Waals surface area contributed by atoms with Gasteiger partial charge in [-0.15, -0.1) is 0 Å². The number of pyridine rings is 1. The lowest BCUT2D eigenvalue weighted by Crippen LogP contribution is -2.15. The number of nitrogens with two attached hydrogens (primary N) is 1. The summed E-state index contributed by atoms with van der Waals surface area (Å²) in [4.78, 5) is 12.6. The van der Waals surface area contributed by atoms with Gasteiger partial charge in [0.25, 0.3) is 0 Å². The minimum Gasteiger partial charge on any atom is -0.486 e. The summed E-state index contributed by atoms with van der Waals surface area (Å²) in [7, 11) is 0. The van der Waals surface area contributed by atoms with Crippen LogP contribution in [0.25, 0.3) is 21.9 Å². The van der Waals surface area contributed by atoms with Crippen LogP contribution in [-0.4, -0.2) is 28.2 Å². The van der Waals surface area contributed by atoms with Crippen molar-refractivity contribution < 1.29 is 9.47 Å². The molecule has 19 heavy (non-hydrogen) atoms. The molecule has 1 aliphatic heterocycles. The molecule has 4 rings (SSSR count). The number of hydrogen-bond acceptors (Lipinski definition) is 6. The van der Waals surface area contributed by atoms with Crippen molar-refractivity contribution in [3.8, 4) is 11.5 Å². The van der Waals surface area contributed by atoms with Crippen molar-refractivity contribution in [1.29, 1.82) is 0 Å². The van der Waals surface area contributed by atoms with Crippen LogP contribution in [-0.2, 0) is 0 Å². The molecule has 1 aromatic carbocycles. The Hall–Kier alpha value is -2.63. The minimum absolute atomic E-state index is 0.219. The topological polar surface area (TPSA) is 83.2 Å². The van der Waals surface area contributed by atoms with Gasteiger partial charge in [0.05, 0.1) is 5.52 Å². The normalized spacial score (nSPS) is 13.9. The van der Waals surface area contributed by atoms with Gasteiger partial charge in [0, 0.05) is 23.0 Å². The molecule has 94 valence electrons. The van der Waals surface area contributed by atoms with E-state index in [1.807, 2.05) is 18.2 Å². The molecular formula is C13H10N4O2. The summed E-state index contributed by atoms with van der Waals surface area (Å²) in [6.45, 7) is 1.13. The zero-order valence-electron chi connectivity index (χ0n) is 9.96. The van der Waals surface area contributed by atoms with Gasteiger partial charge in [0.15, 0.2) is 17.1 Å². The zero-order valence-corrected chi connectivity index (χ0v) is 9.96. The van der Waals surface area contributed by atoms with Gasteiger partial charge in [0.1, 0.15) is 13.2 Å². The van der Waals surface area contributed by atoms with Gasteiger partial charge < -0.3 is 15.2 Å². The van der Waals surface area contributed by atoms with E-state index >= 15 is 0 Å². The van der Waals surface area contributed by atoms with E-state index in [2.05, 4.69) is 15.0 Å². The molecule has 0 unspecified atom stereocenters. The Kier molecular flexibility index (Phi) is 2.00. The maximum atomic E-state index is 5.57. The van der Waals surface area contributed by atoms with Crippen molar-refractivity contribution in [3.63, 3.8) is 0 Å². The van der Waals surface area contributed by atoms with Crippen LogP contribution in [0.1, 0.15) is 0 Å². The molecule has 6 heteroatoms. The minimum atomic E-state index is 0.219. The highest BCUT2D eigenvalue weighted by Gasteiger charge is 2.13. The van der Waals surface area contributed by atoms with Gasteiger partial charge in [-0.25, -0.2) is 9.97 Å². The molecule has 0 saturated heterocycles. The van der Waals surface area contributed by atoms with Crippen LogP contribution in [0, 0.1) is 0 Å². The van der Waals surface area contributed by atoms with E-state index in [0.29, 0.717) is 24.6 Å². The fourth-order valence-electron chi connectivity index (χ4n) is 2.17. The summed E-state index contributed by atoms with van der Waals surface area (Å²) in [5.41, 5.74) is 6.95. The average molecular weight is 254 g/mol. The maximum absolute atomic E-state index is 5.57. The van der Waals surface area contributed by atoms with Gasteiger partial charge in [-0.3, -0.25) is 0 Å². The largest absolute Gasteiger partial charge is 0.486 e. The van der Waals surface area contributed by atoms with Crippen LogP contribution in [0.15, 0.2) is 24.4 Å². The van der Waals surface area contributed by atoms with Crippen molar-refractivity contribution in [2.45, 2.75) is 0 Å². The lowest BCUT2D eigenvalue weighted by atomic mass is 10.1. The smallest absolute Gasteiger partial charge is 0.222 e. The predicted octanol–water partition coefficient (Wildman–Crippen LogP) is 1.53. The average Bonchev–Trinajstić information content (AvgIpc) is 2.43. The Labute approximate surface area is 108 Å². The van der Waals surface area contributed by atoms with Crippen LogP contribution in [0.3, 0.4) is 0 Å². The summed E-state index contributed by atoms with van der Waals surface area (Å²) >= 11 is 0. The second kappa shape index (κ2) is 3.68. The standard InChI is InChI=1S/C13H10N4O2/c14-13-15-6-8-3-7-4-10-11(19-2-1-18-10)5-9(7)16-12(8)17-13/h3-6H,1-2H2,(H2,14,15,16,17). The molecular weight excluding hydrogens is 244 g/mol. The Balaban J connectivity index is 2.03. The Bertz CT molecular complexity index is 803. The number of fused-ring (bicyclic) bond motifs is 3. The van der Waals surface area contributed by atoms with E-state index in [0.717, 1.165) is 22.0 Å². The monoisotopic (exact) mass is 254 g/mol. The van der Waals surface area contributed by atoms with Crippen molar-refractivity contribution in [2.24, 2.45) is 0 Å². The molecule has 3 aromatic rings. The van der Waals surface area contributed by atoms with Crippen LogP contribution >= 0.6 is 0 Å². The first-order valence-corrected chi connectivity index (χ1v) is 5.92. The Morgan fingerprint density at radius 2 is 1.74 bits per heavy atom. The van der Waals surface area contributed by atoms with E-state index in [1.54, 1.807) is 6.20 Å². The van der Waals surface area contributed by atoms with E-state index in [4.69, 9.17) is 15.2 Å². The summed E-state index contributed by atoms with van der Waals surface area (Å²) < 4.78 is 11.1. The molecule has 0 aliphatic carbocycles. The molecule has 1 aliphatic rings. The lowest BCUT2D eigenvalue weighted by Gasteiger charge is -2.18. The number of nitrogen functional groups attached to an aromatic ring is 1. The van der Waals surface area contributed by atoms with Crippen LogP contribution < -0.4 is 15.2 Å². The fourth-order valence-corrected chi connectivity index (χ4v) is 2.17. The van der Waals surface area contributed by atoms with E-state index in [-0.39, 0.29) is 5.95 Å². The third kappa shape index (κ3) is 1.61. The molecule has 0 fully saturated rings. The van der Waals surface area contributed by atoms with Crippen molar-refractivity contribution in [1.82, 2.24) is 15.0 Å². The van der Waals surface area contributed by atoms with E-state index in [1.165, 1.54) is 0 Å². The molecule has 0 radical (unpaired) electrons. The number of aromatic nitrogens is 3. The van der Waals surface area contributed by atoms with Gasteiger partial charge in [0.2, 0.25) is 5.95 Å². The first-order valence-electron chi connectivity index (χ1n) is 5.92. The van der Waals surface area contributed by atoms with Crippen LogP contribution in [0.4, 0.5) is 5.95 Å². The first-order chi connectivity index (χ1) is 9.29. The molecule has 6 nitrogen and oxygen atoms in total. The quantitative estimate of drug-likeness (QED) is 0.612. The Morgan fingerprint density at radius 3 is 2.58 bits per heavy atom. The van der Waals surface area contributed by atoms with Crippen LogP contribution in [0.5, 0.6) is 11.5 Å². The molecule has 0 saturated carbocycles. The predicted molar refractivity (Wildman–Crippen MR) is 70.2 cm³/mol. The van der Waals surface area contributed by atoms with E-state index in [9.17, 15) is 0 Å². The van der Waals surface area contributed by atoms with Crippen molar-refractivity contribution in [3.05, 3.63) is 24.4 Å². The molecule has 3 heterocycles. The summed E-state index contributed by atoms with van der Waals surface area (Å²) in [6.07, 6.45) is 1.67. The molecule has 0 spiro atoms. The fraction of sp³-hybridized carbons (Fsp3) is 0.154. The highest BCUT2D eigenvalue weighted by atomic mass is 16.6. The number of hydrogen-bond donors (Lipinski definition) is 1. The first kappa shape index (κ1) is 10.3. The summed E-state index contributed by atoms with van der Waals surface area (Å²) in [5.74, 6) is 1.68. The summed E-state index contributed by atoms with van der Waals surface area (Å²) in [6, 6.07) is 5.75.